The summed E-state index contributed by atoms with van der Waals surface area (Å²) in [6.07, 6.45) is 0. The van der Waals surface area contributed by atoms with E-state index in [9.17, 15) is 14.7 Å². The Hall–Kier alpha value is -3.46. The minimum absolute atomic E-state index is 0.0213. The van der Waals surface area contributed by atoms with Crippen LogP contribution in [0.5, 0.6) is 5.75 Å². The van der Waals surface area contributed by atoms with Gasteiger partial charge in [0.2, 0.25) is 0 Å². The van der Waals surface area contributed by atoms with Gasteiger partial charge in [-0.2, -0.15) is 10.2 Å². The van der Waals surface area contributed by atoms with Crippen molar-refractivity contribution < 1.29 is 19.8 Å². The highest BCUT2D eigenvalue weighted by atomic mass is 32.1. The average Bonchev–Trinajstić information content (AvgIpc) is 3.30. The van der Waals surface area contributed by atoms with Crippen LogP contribution in [0, 0.1) is 0 Å². The number of thiophene rings is 1. The van der Waals surface area contributed by atoms with Gasteiger partial charge in [0.1, 0.15) is 10.6 Å². The minimum atomic E-state index is -1.09. The van der Waals surface area contributed by atoms with Gasteiger partial charge >= 0.3 is 5.97 Å². The normalized spacial score (nSPS) is 12.1. The number of hydrogen-bond acceptors (Lipinski definition) is 6. The van der Waals surface area contributed by atoms with Gasteiger partial charge in [-0.3, -0.25) is 9.48 Å². The fourth-order valence-electron chi connectivity index (χ4n) is 3.03. The van der Waals surface area contributed by atoms with Crippen molar-refractivity contribution in [3.05, 3.63) is 57.4 Å². The fourth-order valence-corrected chi connectivity index (χ4v) is 3.76. The highest BCUT2D eigenvalue weighted by molar-refractivity contribution is 7.15. The lowest BCUT2D eigenvalue weighted by molar-refractivity contribution is 0.0702. The van der Waals surface area contributed by atoms with Gasteiger partial charge in [-0.25, -0.2) is 10.2 Å². The highest BCUT2D eigenvalue weighted by Crippen LogP contribution is 2.33. The molecule has 0 saturated carbocycles. The molecule has 0 spiro atoms. The number of amides is 1. The van der Waals surface area contributed by atoms with E-state index in [4.69, 9.17) is 5.11 Å². The first-order valence-corrected chi connectivity index (χ1v) is 10.4. The van der Waals surface area contributed by atoms with Gasteiger partial charge in [-0.1, -0.05) is 45.0 Å². The monoisotopic (exact) mass is 440 g/mol. The first-order valence-electron chi connectivity index (χ1n) is 9.54. The predicted molar refractivity (Wildman–Crippen MR) is 120 cm³/mol. The van der Waals surface area contributed by atoms with Crippen molar-refractivity contribution >= 4 is 28.9 Å². The molecule has 0 atom stereocenters. The van der Waals surface area contributed by atoms with E-state index >= 15 is 0 Å². The SMILES string of the molecule is C/C(=N/NC(=O)c1ccc(C(=O)O)s1)c1nn(C)c(-c2ccc(C(C)(C)C)cc2)c1O. The molecule has 1 amide bonds. The molecule has 2 heterocycles. The van der Waals surface area contributed by atoms with Crippen LogP contribution in [0.25, 0.3) is 11.3 Å². The van der Waals surface area contributed by atoms with Crippen LogP contribution in [0.15, 0.2) is 41.5 Å². The molecule has 8 nitrogen and oxygen atoms in total. The molecule has 3 rings (SSSR count). The third-order valence-corrected chi connectivity index (χ3v) is 5.83. The van der Waals surface area contributed by atoms with E-state index in [2.05, 4.69) is 36.4 Å². The topological polar surface area (TPSA) is 117 Å². The van der Waals surface area contributed by atoms with Gasteiger partial charge in [0, 0.05) is 12.6 Å². The molecule has 0 aliphatic heterocycles. The maximum atomic E-state index is 12.2. The lowest BCUT2D eigenvalue weighted by Gasteiger charge is -2.19. The zero-order chi connectivity index (χ0) is 22.9. The van der Waals surface area contributed by atoms with Gasteiger partial charge in [0.05, 0.1) is 10.6 Å². The number of carboxylic acid groups (broad SMARTS) is 1. The summed E-state index contributed by atoms with van der Waals surface area (Å²) in [5.74, 6) is -1.67. The molecule has 162 valence electrons. The van der Waals surface area contributed by atoms with E-state index in [-0.39, 0.29) is 26.6 Å². The number of rotatable bonds is 5. The van der Waals surface area contributed by atoms with E-state index in [0.717, 1.165) is 16.9 Å². The Morgan fingerprint density at radius 3 is 2.26 bits per heavy atom. The summed E-state index contributed by atoms with van der Waals surface area (Å²) in [4.78, 5) is 23.5. The van der Waals surface area contributed by atoms with Gasteiger partial charge < -0.3 is 10.2 Å². The Morgan fingerprint density at radius 2 is 1.71 bits per heavy atom. The van der Waals surface area contributed by atoms with Crippen LogP contribution in [0.2, 0.25) is 0 Å². The van der Waals surface area contributed by atoms with Crippen molar-refractivity contribution in [2.45, 2.75) is 33.1 Å². The largest absolute Gasteiger partial charge is 0.504 e. The summed E-state index contributed by atoms with van der Waals surface area (Å²) in [5.41, 5.74) is 5.49. The van der Waals surface area contributed by atoms with Crippen LogP contribution in [0.3, 0.4) is 0 Å². The van der Waals surface area contributed by atoms with Crippen molar-refractivity contribution in [2.24, 2.45) is 12.1 Å². The van der Waals surface area contributed by atoms with E-state index in [0.29, 0.717) is 11.4 Å². The van der Waals surface area contributed by atoms with Gasteiger partial charge in [-0.05, 0) is 30.0 Å². The Morgan fingerprint density at radius 1 is 1.10 bits per heavy atom. The van der Waals surface area contributed by atoms with Crippen LogP contribution < -0.4 is 5.43 Å². The minimum Gasteiger partial charge on any atom is -0.504 e. The molecule has 0 aliphatic rings. The number of hydrogen-bond donors (Lipinski definition) is 3. The summed E-state index contributed by atoms with van der Waals surface area (Å²) in [6.45, 7) is 8.02. The number of aryl methyl sites for hydroxylation is 1. The number of carbonyl (C=O) groups is 2. The number of nitrogens with zero attached hydrogens (tertiary/aromatic N) is 3. The molecule has 31 heavy (non-hydrogen) atoms. The van der Waals surface area contributed by atoms with Crippen LogP contribution >= 0.6 is 11.3 Å². The predicted octanol–water partition coefficient (Wildman–Crippen LogP) is 4.00. The summed E-state index contributed by atoms with van der Waals surface area (Å²) in [7, 11) is 1.72. The second-order valence-electron chi connectivity index (χ2n) is 8.10. The maximum Gasteiger partial charge on any atom is 0.345 e. The first-order chi connectivity index (χ1) is 14.5. The molecule has 0 fully saturated rings. The van der Waals surface area contributed by atoms with Crippen LogP contribution in [-0.4, -0.2) is 37.6 Å². The lowest BCUT2D eigenvalue weighted by atomic mass is 9.86. The second kappa shape index (κ2) is 8.35. The summed E-state index contributed by atoms with van der Waals surface area (Å²) in [6, 6.07) is 10.7. The number of aromatic hydroxyl groups is 1. The molecule has 3 aromatic rings. The van der Waals surface area contributed by atoms with Crippen molar-refractivity contribution in [3.63, 3.8) is 0 Å². The summed E-state index contributed by atoms with van der Waals surface area (Å²) >= 11 is 0.856. The average molecular weight is 441 g/mol. The molecule has 0 unspecified atom stereocenters. The molecule has 2 aromatic heterocycles. The van der Waals surface area contributed by atoms with Gasteiger partial charge in [0.25, 0.3) is 5.91 Å². The molecule has 0 aliphatic carbocycles. The van der Waals surface area contributed by atoms with Gasteiger partial charge in [0.15, 0.2) is 11.4 Å². The molecule has 0 bridgehead atoms. The van der Waals surface area contributed by atoms with Crippen molar-refractivity contribution in [3.8, 4) is 17.0 Å². The maximum absolute atomic E-state index is 12.2. The van der Waals surface area contributed by atoms with Crippen LogP contribution in [0.1, 0.15) is 58.3 Å². The molecular weight excluding hydrogens is 416 g/mol. The molecule has 3 N–H and O–H groups in total. The first kappa shape index (κ1) is 22.2. The third kappa shape index (κ3) is 4.66. The highest BCUT2D eigenvalue weighted by Gasteiger charge is 2.21. The molecular formula is C22H24N4O4S. The molecule has 1 aromatic carbocycles. The van der Waals surface area contributed by atoms with E-state index in [1.807, 2.05) is 24.3 Å². The summed E-state index contributed by atoms with van der Waals surface area (Å²) < 4.78 is 1.57. The molecule has 9 heteroatoms. The number of carbonyl (C=O) groups excluding carboxylic acids is 1. The van der Waals surface area contributed by atoms with E-state index in [1.54, 1.807) is 18.7 Å². The van der Waals surface area contributed by atoms with Crippen molar-refractivity contribution in [1.29, 1.82) is 0 Å². The smallest absolute Gasteiger partial charge is 0.345 e. The zero-order valence-electron chi connectivity index (χ0n) is 17.9. The zero-order valence-corrected chi connectivity index (χ0v) is 18.7. The van der Waals surface area contributed by atoms with Crippen LogP contribution in [0.4, 0.5) is 0 Å². The summed E-state index contributed by atoms with van der Waals surface area (Å²) in [5, 5.41) is 28.1. The molecule has 0 radical (unpaired) electrons. The third-order valence-electron chi connectivity index (χ3n) is 4.76. The van der Waals surface area contributed by atoms with Crippen LogP contribution in [-0.2, 0) is 12.5 Å². The van der Waals surface area contributed by atoms with Crippen molar-refractivity contribution in [1.82, 2.24) is 15.2 Å². The Bertz CT molecular complexity index is 1170. The fraction of sp³-hybridized carbons (Fsp3) is 0.273. The van der Waals surface area contributed by atoms with E-state index in [1.165, 1.54) is 17.7 Å². The lowest BCUT2D eigenvalue weighted by Crippen LogP contribution is -2.18. The number of aromatic nitrogens is 2. The Labute approximate surface area is 183 Å². The van der Waals surface area contributed by atoms with Crippen molar-refractivity contribution in [2.75, 3.05) is 0 Å². The number of benzene rings is 1. The quantitative estimate of drug-likeness (QED) is 0.409. The number of carboxylic acids is 1. The standard InChI is InChI=1S/C22H24N4O4S/c1-12(23-24-20(28)15-10-11-16(31-15)21(29)30)17-19(27)18(26(5)25-17)13-6-8-14(9-7-13)22(2,3)4/h6-11,27H,1-5H3,(H,24,28)(H,29,30)/b23-12-. The van der Waals surface area contributed by atoms with E-state index < -0.39 is 11.9 Å². The number of nitrogens with one attached hydrogen (secondary N) is 1. The second-order valence-corrected chi connectivity index (χ2v) is 9.19. The number of aromatic carboxylic acids is 1. The number of hydrazone groups is 1. The van der Waals surface area contributed by atoms with Gasteiger partial charge in [-0.15, -0.1) is 11.3 Å². The Balaban J connectivity index is 1.83. The Kier molecular flexibility index (Phi) is 5.99. The molecule has 0 saturated heterocycles.